The minimum atomic E-state index is -0.275. The molecule has 0 aliphatic carbocycles. The second-order valence-electron chi connectivity index (χ2n) is 5.04. The number of hydrazone groups is 1. The second-order valence-corrected chi connectivity index (χ2v) is 5.04. The van der Waals surface area contributed by atoms with Gasteiger partial charge in [0.15, 0.2) is 11.5 Å². The van der Waals surface area contributed by atoms with Crippen LogP contribution in [0.1, 0.15) is 23.9 Å². The zero-order valence-electron chi connectivity index (χ0n) is 13.4. The lowest BCUT2D eigenvalue weighted by Gasteiger charge is -2.05. The Hall–Kier alpha value is -2.83. The van der Waals surface area contributed by atoms with Gasteiger partial charge in [0, 0.05) is 5.69 Å². The van der Waals surface area contributed by atoms with Crippen LogP contribution in [0.3, 0.4) is 0 Å². The molecule has 0 spiro atoms. The van der Waals surface area contributed by atoms with Crippen molar-refractivity contribution in [3.63, 3.8) is 0 Å². The molecule has 1 amide bonds. The van der Waals surface area contributed by atoms with Gasteiger partial charge in [0.25, 0.3) is 5.91 Å². The average Bonchev–Trinajstić information content (AvgIpc) is 2.80. The van der Waals surface area contributed by atoms with Crippen molar-refractivity contribution in [3.8, 4) is 11.5 Å². The number of carbonyl (C=O) groups excluding carboxylic acids is 1. The molecule has 1 aromatic heterocycles. The second kappa shape index (κ2) is 7.44. The first-order valence-electron chi connectivity index (χ1n) is 7.28. The van der Waals surface area contributed by atoms with Crippen LogP contribution >= 0.6 is 0 Å². The van der Waals surface area contributed by atoms with Gasteiger partial charge in [0.2, 0.25) is 0 Å². The molecule has 0 radical (unpaired) electrons. The van der Waals surface area contributed by atoms with Gasteiger partial charge in [-0.25, -0.2) is 5.43 Å². The van der Waals surface area contributed by atoms with E-state index in [1.54, 1.807) is 16.8 Å². The number of benzene rings is 1. The monoisotopic (exact) mass is 316 g/mol. The summed E-state index contributed by atoms with van der Waals surface area (Å²) in [5.41, 5.74) is 4.86. The third kappa shape index (κ3) is 4.57. The van der Waals surface area contributed by atoms with Gasteiger partial charge in [-0.15, -0.1) is 0 Å². The van der Waals surface area contributed by atoms with Gasteiger partial charge in [0.05, 0.1) is 18.5 Å². The molecule has 2 N–H and O–H groups in total. The van der Waals surface area contributed by atoms with Crippen LogP contribution in [0.25, 0.3) is 0 Å². The summed E-state index contributed by atoms with van der Waals surface area (Å²) in [5, 5.41) is 17.9. The van der Waals surface area contributed by atoms with Crippen LogP contribution in [0.5, 0.6) is 11.5 Å². The van der Waals surface area contributed by atoms with Crippen molar-refractivity contribution < 1.29 is 14.6 Å². The Bertz CT molecular complexity index is 722. The van der Waals surface area contributed by atoms with Crippen LogP contribution in [-0.2, 0) is 11.3 Å². The van der Waals surface area contributed by atoms with E-state index in [4.69, 9.17) is 4.74 Å². The molecule has 0 saturated carbocycles. The van der Waals surface area contributed by atoms with Crippen LogP contribution in [0.15, 0.2) is 29.4 Å². The highest BCUT2D eigenvalue weighted by Crippen LogP contribution is 2.25. The zero-order chi connectivity index (χ0) is 16.8. The highest BCUT2D eigenvalue weighted by Gasteiger charge is 2.06. The molecule has 7 heteroatoms. The van der Waals surface area contributed by atoms with E-state index < -0.39 is 0 Å². The molecule has 0 bridgehead atoms. The molecule has 2 rings (SSSR count). The Kier molecular flexibility index (Phi) is 5.35. The molecule has 2 aromatic rings. The molecule has 122 valence electrons. The van der Waals surface area contributed by atoms with E-state index >= 15 is 0 Å². The van der Waals surface area contributed by atoms with E-state index in [1.165, 1.54) is 12.3 Å². The number of nitrogens with zero attached hydrogens (tertiary/aromatic N) is 3. The number of phenolic OH excluding ortho intramolecular Hbond substituents is 1. The predicted molar refractivity (Wildman–Crippen MR) is 86.7 cm³/mol. The number of amides is 1. The standard InChI is InChI=1S/C16H20N4O3/c1-4-23-15-6-5-13(8-14(15)21)9-17-18-16(22)10-20-12(3)7-11(2)19-20/h5-9,21H,4,10H2,1-3H3,(H,18,22)/b17-9-. The smallest absolute Gasteiger partial charge is 0.261 e. The summed E-state index contributed by atoms with van der Waals surface area (Å²) >= 11 is 0. The first kappa shape index (κ1) is 16.5. The summed E-state index contributed by atoms with van der Waals surface area (Å²) in [5.74, 6) is 0.172. The maximum absolute atomic E-state index is 11.8. The summed E-state index contributed by atoms with van der Waals surface area (Å²) in [6.45, 7) is 6.18. The van der Waals surface area contributed by atoms with Crippen LogP contribution in [0, 0.1) is 13.8 Å². The molecule has 1 aromatic carbocycles. The van der Waals surface area contributed by atoms with Crippen molar-refractivity contribution in [1.29, 1.82) is 0 Å². The van der Waals surface area contributed by atoms with Crippen LogP contribution in [-0.4, -0.2) is 33.6 Å². The lowest BCUT2D eigenvalue weighted by atomic mass is 10.2. The minimum absolute atomic E-state index is 0.0322. The summed E-state index contributed by atoms with van der Waals surface area (Å²) in [7, 11) is 0. The zero-order valence-corrected chi connectivity index (χ0v) is 13.4. The number of hydrogen-bond acceptors (Lipinski definition) is 5. The Morgan fingerprint density at radius 3 is 2.83 bits per heavy atom. The topological polar surface area (TPSA) is 88.7 Å². The Morgan fingerprint density at radius 2 is 2.22 bits per heavy atom. The molecule has 0 fully saturated rings. The molecule has 0 aliphatic rings. The van der Waals surface area contributed by atoms with Crippen molar-refractivity contribution >= 4 is 12.1 Å². The Balaban J connectivity index is 1.92. The van der Waals surface area contributed by atoms with Crippen LogP contribution in [0.2, 0.25) is 0 Å². The third-order valence-electron chi connectivity index (χ3n) is 3.08. The summed E-state index contributed by atoms with van der Waals surface area (Å²) < 4.78 is 6.85. The fraction of sp³-hybridized carbons (Fsp3) is 0.312. The maximum atomic E-state index is 11.8. The number of rotatable bonds is 6. The van der Waals surface area contributed by atoms with E-state index in [2.05, 4.69) is 15.6 Å². The van der Waals surface area contributed by atoms with Crippen LogP contribution in [0.4, 0.5) is 0 Å². The molecule has 0 aliphatic heterocycles. The number of carbonyl (C=O) groups is 1. The van der Waals surface area contributed by atoms with Gasteiger partial charge in [-0.3, -0.25) is 9.48 Å². The first-order chi connectivity index (χ1) is 11.0. The number of aromatic hydroxyl groups is 1. The Morgan fingerprint density at radius 1 is 1.43 bits per heavy atom. The molecular formula is C16H20N4O3. The molecule has 0 saturated heterocycles. The van der Waals surface area contributed by atoms with Gasteiger partial charge in [0.1, 0.15) is 6.54 Å². The number of aromatic nitrogens is 2. The highest BCUT2D eigenvalue weighted by atomic mass is 16.5. The molecule has 0 atom stereocenters. The van der Waals surface area contributed by atoms with E-state index in [1.807, 2.05) is 26.8 Å². The average molecular weight is 316 g/mol. The van der Waals surface area contributed by atoms with Crippen molar-refractivity contribution in [2.45, 2.75) is 27.3 Å². The number of hydrogen-bond donors (Lipinski definition) is 2. The van der Waals surface area contributed by atoms with E-state index in [9.17, 15) is 9.90 Å². The fourth-order valence-corrected chi connectivity index (χ4v) is 2.08. The van der Waals surface area contributed by atoms with Gasteiger partial charge < -0.3 is 9.84 Å². The van der Waals surface area contributed by atoms with Crippen molar-refractivity contribution in [2.75, 3.05) is 6.61 Å². The summed E-state index contributed by atoms with van der Waals surface area (Å²) in [6.07, 6.45) is 1.45. The van der Waals surface area contributed by atoms with E-state index in [-0.39, 0.29) is 18.2 Å². The van der Waals surface area contributed by atoms with Crippen molar-refractivity contribution in [2.24, 2.45) is 5.10 Å². The minimum Gasteiger partial charge on any atom is -0.504 e. The lowest BCUT2D eigenvalue weighted by molar-refractivity contribution is -0.121. The van der Waals surface area contributed by atoms with Gasteiger partial charge in [-0.1, -0.05) is 0 Å². The normalized spacial score (nSPS) is 10.9. The molecule has 23 heavy (non-hydrogen) atoms. The quantitative estimate of drug-likeness (QED) is 0.628. The molecule has 0 unspecified atom stereocenters. The lowest BCUT2D eigenvalue weighted by Crippen LogP contribution is -2.24. The first-order valence-corrected chi connectivity index (χ1v) is 7.28. The molecule has 1 heterocycles. The van der Waals surface area contributed by atoms with Crippen molar-refractivity contribution in [1.82, 2.24) is 15.2 Å². The van der Waals surface area contributed by atoms with Crippen LogP contribution < -0.4 is 10.2 Å². The summed E-state index contributed by atoms with van der Waals surface area (Å²) in [6, 6.07) is 6.81. The largest absolute Gasteiger partial charge is 0.504 e. The maximum Gasteiger partial charge on any atom is 0.261 e. The van der Waals surface area contributed by atoms with Gasteiger partial charge in [-0.2, -0.15) is 10.2 Å². The van der Waals surface area contributed by atoms with Gasteiger partial charge >= 0.3 is 0 Å². The Labute approximate surface area is 134 Å². The molecule has 7 nitrogen and oxygen atoms in total. The highest BCUT2D eigenvalue weighted by molar-refractivity contribution is 5.83. The fourth-order valence-electron chi connectivity index (χ4n) is 2.08. The molecular weight excluding hydrogens is 296 g/mol. The number of phenols is 1. The van der Waals surface area contributed by atoms with E-state index in [0.717, 1.165) is 11.4 Å². The van der Waals surface area contributed by atoms with Gasteiger partial charge in [-0.05, 0) is 50.6 Å². The predicted octanol–water partition coefficient (Wildman–Crippen LogP) is 1.75. The number of ether oxygens (including phenoxy) is 1. The summed E-state index contributed by atoms with van der Waals surface area (Å²) in [4.78, 5) is 11.8. The third-order valence-corrected chi connectivity index (χ3v) is 3.08. The number of aryl methyl sites for hydroxylation is 2. The SMILES string of the molecule is CCOc1ccc(/C=N\NC(=O)Cn2nc(C)cc2C)cc1O. The van der Waals surface area contributed by atoms with Crippen molar-refractivity contribution in [3.05, 3.63) is 41.2 Å². The van der Waals surface area contributed by atoms with E-state index in [0.29, 0.717) is 17.9 Å². The number of nitrogens with one attached hydrogen (secondary N) is 1.